The van der Waals surface area contributed by atoms with E-state index in [1.807, 2.05) is 7.05 Å². The lowest BCUT2D eigenvalue weighted by atomic mass is 9.95. The summed E-state index contributed by atoms with van der Waals surface area (Å²) in [5.41, 5.74) is 1.47. The molecule has 0 aliphatic carbocycles. The molecule has 3 heteroatoms. The molecule has 0 aromatic heterocycles. The summed E-state index contributed by atoms with van der Waals surface area (Å²) in [6, 6.07) is 11.2. The monoisotopic (exact) mass is 248 g/mol. The molecular weight excluding hydrogens is 224 g/mol. The largest absolute Gasteiger partial charge is 0.378 e. The van der Waals surface area contributed by atoms with Gasteiger partial charge in [0.1, 0.15) is 0 Å². The summed E-state index contributed by atoms with van der Waals surface area (Å²) < 4.78 is 5.62. The fourth-order valence-electron chi connectivity index (χ4n) is 2.72. The zero-order valence-electron chi connectivity index (χ0n) is 11.6. The summed E-state index contributed by atoms with van der Waals surface area (Å²) in [5.74, 6) is 0. The molecule has 0 radical (unpaired) electrons. The predicted molar refractivity (Wildman–Crippen MR) is 74.7 cm³/mol. The van der Waals surface area contributed by atoms with E-state index in [1.165, 1.54) is 5.56 Å². The van der Waals surface area contributed by atoms with Crippen molar-refractivity contribution in [2.24, 2.45) is 0 Å². The molecule has 1 unspecified atom stereocenters. The van der Waals surface area contributed by atoms with Gasteiger partial charge in [-0.25, -0.2) is 0 Å². The quantitative estimate of drug-likeness (QED) is 0.882. The molecule has 0 amide bonds. The first-order valence-corrected chi connectivity index (χ1v) is 6.69. The Morgan fingerprint density at radius 2 is 2.06 bits per heavy atom. The van der Waals surface area contributed by atoms with Crippen molar-refractivity contribution in [3.05, 3.63) is 35.9 Å². The highest BCUT2D eigenvalue weighted by molar-refractivity contribution is 5.20. The van der Waals surface area contributed by atoms with Crippen molar-refractivity contribution in [1.29, 1.82) is 0 Å². The molecule has 18 heavy (non-hydrogen) atoms. The number of nitrogens with one attached hydrogen (secondary N) is 1. The Morgan fingerprint density at radius 1 is 1.33 bits per heavy atom. The van der Waals surface area contributed by atoms with Gasteiger partial charge in [-0.05, 0) is 26.5 Å². The number of hydrogen-bond donors (Lipinski definition) is 1. The first kappa shape index (κ1) is 13.5. The molecule has 1 aliphatic rings. The van der Waals surface area contributed by atoms with Crippen molar-refractivity contribution < 1.29 is 4.74 Å². The van der Waals surface area contributed by atoms with Gasteiger partial charge in [0.25, 0.3) is 0 Å². The average molecular weight is 248 g/mol. The van der Waals surface area contributed by atoms with Crippen LogP contribution in [0.1, 0.15) is 25.5 Å². The third kappa shape index (κ3) is 2.91. The van der Waals surface area contributed by atoms with Crippen LogP contribution < -0.4 is 5.32 Å². The van der Waals surface area contributed by atoms with Crippen molar-refractivity contribution >= 4 is 0 Å². The highest BCUT2D eigenvalue weighted by Gasteiger charge is 2.35. The molecule has 0 saturated carbocycles. The molecule has 1 atom stereocenters. The van der Waals surface area contributed by atoms with Crippen molar-refractivity contribution in [1.82, 2.24) is 10.2 Å². The number of ether oxygens (including phenoxy) is 1. The Morgan fingerprint density at radius 3 is 2.67 bits per heavy atom. The summed E-state index contributed by atoms with van der Waals surface area (Å²) in [5, 5.41) is 3.32. The Hall–Kier alpha value is -0.900. The fourth-order valence-corrected chi connectivity index (χ4v) is 2.72. The van der Waals surface area contributed by atoms with Crippen molar-refractivity contribution in [3.8, 4) is 0 Å². The number of morpholine rings is 1. The van der Waals surface area contributed by atoms with Crippen LogP contribution in [0.25, 0.3) is 0 Å². The van der Waals surface area contributed by atoms with Crippen molar-refractivity contribution in [2.45, 2.75) is 25.4 Å². The van der Waals surface area contributed by atoms with E-state index in [2.05, 4.69) is 54.4 Å². The van der Waals surface area contributed by atoms with Crippen LogP contribution in [0.2, 0.25) is 0 Å². The molecule has 0 spiro atoms. The van der Waals surface area contributed by atoms with Gasteiger partial charge in [0.15, 0.2) is 0 Å². The standard InChI is InChI=1S/C15H24N2O/c1-15(2)12-18-10-9-17(15)14(11-16-3)13-7-5-4-6-8-13/h4-8,14,16H,9-12H2,1-3H3. The molecule has 1 aromatic rings. The fraction of sp³-hybridized carbons (Fsp3) is 0.600. The molecule has 1 aromatic carbocycles. The molecule has 1 N–H and O–H groups in total. The highest BCUT2D eigenvalue weighted by Crippen LogP contribution is 2.30. The lowest BCUT2D eigenvalue weighted by Crippen LogP contribution is -2.55. The second-order valence-corrected chi connectivity index (χ2v) is 5.54. The SMILES string of the molecule is CNCC(c1ccccc1)N1CCOCC1(C)C. The Bertz CT molecular complexity index is 364. The maximum Gasteiger partial charge on any atom is 0.0645 e. The van der Waals surface area contributed by atoms with Gasteiger partial charge in [0, 0.05) is 24.7 Å². The first-order chi connectivity index (χ1) is 8.65. The van der Waals surface area contributed by atoms with Crippen molar-refractivity contribution in [3.63, 3.8) is 0 Å². The molecular formula is C15H24N2O. The topological polar surface area (TPSA) is 24.5 Å². The van der Waals surface area contributed by atoms with E-state index < -0.39 is 0 Å². The van der Waals surface area contributed by atoms with E-state index in [9.17, 15) is 0 Å². The maximum atomic E-state index is 5.62. The lowest BCUT2D eigenvalue weighted by Gasteiger charge is -2.46. The number of hydrogen-bond acceptors (Lipinski definition) is 3. The molecule has 1 fully saturated rings. The van der Waals surface area contributed by atoms with Crippen LogP contribution in [0.3, 0.4) is 0 Å². The van der Waals surface area contributed by atoms with Crippen LogP contribution >= 0.6 is 0 Å². The van der Waals surface area contributed by atoms with Gasteiger partial charge in [-0.2, -0.15) is 0 Å². The van der Waals surface area contributed by atoms with E-state index in [0.29, 0.717) is 6.04 Å². The molecule has 100 valence electrons. The molecule has 3 nitrogen and oxygen atoms in total. The number of likely N-dealkylation sites (N-methyl/N-ethyl adjacent to an activating group) is 1. The van der Waals surface area contributed by atoms with E-state index in [4.69, 9.17) is 4.74 Å². The van der Waals surface area contributed by atoms with E-state index in [-0.39, 0.29) is 5.54 Å². The Labute approximate surface area is 110 Å². The molecule has 1 saturated heterocycles. The number of benzene rings is 1. The van der Waals surface area contributed by atoms with Gasteiger partial charge >= 0.3 is 0 Å². The number of rotatable bonds is 4. The highest BCUT2D eigenvalue weighted by atomic mass is 16.5. The van der Waals surface area contributed by atoms with E-state index >= 15 is 0 Å². The van der Waals surface area contributed by atoms with E-state index in [1.54, 1.807) is 0 Å². The van der Waals surface area contributed by atoms with E-state index in [0.717, 1.165) is 26.3 Å². The normalized spacial score (nSPS) is 21.7. The van der Waals surface area contributed by atoms with Gasteiger partial charge < -0.3 is 10.1 Å². The molecule has 0 bridgehead atoms. The van der Waals surface area contributed by atoms with Crippen LogP contribution in [0.15, 0.2) is 30.3 Å². The molecule has 2 rings (SSSR count). The molecule has 1 heterocycles. The third-order valence-corrected chi connectivity index (χ3v) is 3.67. The number of nitrogens with zero attached hydrogens (tertiary/aromatic N) is 1. The lowest BCUT2D eigenvalue weighted by molar-refractivity contribution is -0.0723. The summed E-state index contributed by atoms with van der Waals surface area (Å²) >= 11 is 0. The second kappa shape index (κ2) is 5.83. The second-order valence-electron chi connectivity index (χ2n) is 5.54. The minimum atomic E-state index is 0.0929. The average Bonchev–Trinajstić information content (AvgIpc) is 2.37. The van der Waals surface area contributed by atoms with Gasteiger partial charge in [0.05, 0.1) is 13.2 Å². The van der Waals surface area contributed by atoms with Gasteiger partial charge in [0.2, 0.25) is 0 Å². The van der Waals surface area contributed by atoms with Crippen LogP contribution in [0, 0.1) is 0 Å². The summed E-state index contributed by atoms with van der Waals surface area (Å²) in [6.07, 6.45) is 0. The predicted octanol–water partition coefficient (Wildman–Crippen LogP) is 2.06. The first-order valence-electron chi connectivity index (χ1n) is 6.69. The minimum Gasteiger partial charge on any atom is -0.378 e. The third-order valence-electron chi connectivity index (χ3n) is 3.67. The van der Waals surface area contributed by atoms with Crippen LogP contribution in [-0.2, 0) is 4.74 Å². The Balaban J connectivity index is 2.24. The Kier molecular flexibility index (Phi) is 4.38. The zero-order valence-corrected chi connectivity index (χ0v) is 11.6. The van der Waals surface area contributed by atoms with Crippen LogP contribution in [0.5, 0.6) is 0 Å². The minimum absolute atomic E-state index is 0.0929. The molecule has 1 aliphatic heterocycles. The summed E-state index contributed by atoms with van der Waals surface area (Å²) in [6.45, 7) is 8.12. The smallest absolute Gasteiger partial charge is 0.0645 e. The van der Waals surface area contributed by atoms with Crippen LogP contribution in [0.4, 0.5) is 0 Å². The summed E-state index contributed by atoms with van der Waals surface area (Å²) in [4.78, 5) is 2.56. The van der Waals surface area contributed by atoms with Gasteiger partial charge in [-0.1, -0.05) is 30.3 Å². The van der Waals surface area contributed by atoms with Crippen LogP contribution in [-0.4, -0.2) is 43.8 Å². The zero-order chi connectivity index (χ0) is 13.0. The van der Waals surface area contributed by atoms with Gasteiger partial charge in [-0.15, -0.1) is 0 Å². The maximum absolute atomic E-state index is 5.62. The van der Waals surface area contributed by atoms with Gasteiger partial charge in [-0.3, -0.25) is 4.90 Å². The summed E-state index contributed by atoms with van der Waals surface area (Å²) in [7, 11) is 2.02. The van der Waals surface area contributed by atoms with Crippen molar-refractivity contribution in [2.75, 3.05) is 33.4 Å².